The van der Waals surface area contributed by atoms with Gasteiger partial charge in [-0.1, -0.05) is 0 Å². The Morgan fingerprint density at radius 2 is 2.00 bits per heavy atom. The van der Waals surface area contributed by atoms with Crippen LogP contribution >= 0.6 is 0 Å². The second-order valence-corrected chi connectivity index (χ2v) is 6.89. The van der Waals surface area contributed by atoms with Crippen LogP contribution < -0.4 is 5.32 Å². The van der Waals surface area contributed by atoms with Crippen LogP contribution in [0.5, 0.6) is 0 Å². The molecule has 0 radical (unpaired) electrons. The van der Waals surface area contributed by atoms with Crippen molar-refractivity contribution in [2.24, 2.45) is 0 Å². The van der Waals surface area contributed by atoms with Gasteiger partial charge in [-0.3, -0.25) is 4.79 Å². The van der Waals surface area contributed by atoms with Gasteiger partial charge in [0.05, 0.1) is 6.54 Å². The van der Waals surface area contributed by atoms with E-state index in [0.717, 1.165) is 49.7 Å². The summed E-state index contributed by atoms with van der Waals surface area (Å²) >= 11 is 0. The third-order valence-corrected chi connectivity index (χ3v) is 5.09. The van der Waals surface area contributed by atoms with Gasteiger partial charge in [-0.15, -0.1) is 10.2 Å². The van der Waals surface area contributed by atoms with Crippen molar-refractivity contribution in [3.05, 3.63) is 46.8 Å². The van der Waals surface area contributed by atoms with Crippen LogP contribution in [-0.4, -0.2) is 45.2 Å². The lowest BCUT2D eigenvalue weighted by Gasteiger charge is -2.32. The Labute approximate surface area is 146 Å². The molecule has 0 atom stereocenters. The number of aryl methyl sites for hydroxylation is 1. The van der Waals surface area contributed by atoms with Crippen molar-refractivity contribution in [1.82, 2.24) is 25.0 Å². The summed E-state index contributed by atoms with van der Waals surface area (Å²) in [6, 6.07) is 4.51. The van der Waals surface area contributed by atoms with E-state index >= 15 is 0 Å². The summed E-state index contributed by atoms with van der Waals surface area (Å²) in [6.07, 6.45) is 1.73. The summed E-state index contributed by atoms with van der Waals surface area (Å²) in [5.74, 6) is 1.92. The molecule has 6 nitrogen and oxygen atoms in total. The van der Waals surface area contributed by atoms with Crippen molar-refractivity contribution in [2.45, 2.75) is 38.8 Å². The number of likely N-dealkylation sites (tertiary alicyclic amines) is 1. The number of rotatable bonds is 2. The maximum absolute atomic E-state index is 13.6. The highest BCUT2D eigenvalue weighted by atomic mass is 19.1. The molecule has 0 unspecified atom stereocenters. The summed E-state index contributed by atoms with van der Waals surface area (Å²) < 4.78 is 15.8. The Morgan fingerprint density at radius 1 is 1.20 bits per heavy atom. The third kappa shape index (κ3) is 3.16. The second kappa shape index (κ2) is 6.55. The minimum Gasteiger partial charge on any atom is -0.339 e. The maximum Gasteiger partial charge on any atom is 0.253 e. The Kier molecular flexibility index (Phi) is 4.25. The van der Waals surface area contributed by atoms with E-state index in [1.807, 2.05) is 4.90 Å². The Balaban J connectivity index is 1.44. The van der Waals surface area contributed by atoms with Crippen LogP contribution in [-0.2, 0) is 13.1 Å². The summed E-state index contributed by atoms with van der Waals surface area (Å²) in [6.45, 7) is 5.74. The van der Waals surface area contributed by atoms with Gasteiger partial charge in [-0.25, -0.2) is 4.39 Å². The monoisotopic (exact) mass is 343 g/mol. The average Bonchev–Trinajstić information content (AvgIpc) is 3.04. The van der Waals surface area contributed by atoms with Crippen molar-refractivity contribution in [3.8, 4) is 0 Å². The number of piperidine rings is 1. The number of benzene rings is 1. The molecule has 2 aliphatic heterocycles. The third-order valence-electron chi connectivity index (χ3n) is 5.09. The van der Waals surface area contributed by atoms with Gasteiger partial charge in [0.15, 0.2) is 0 Å². The van der Waals surface area contributed by atoms with E-state index in [2.05, 4.69) is 20.1 Å². The lowest BCUT2D eigenvalue weighted by atomic mass is 9.95. The highest BCUT2D eigenvalue weighted by Gasteiger charge is 2.29. The predicted octanol–water partition coefficient (Wildman–Crippen LogP) is 1.85. The molecule has 2 aliphatic rings. The number of amides is 1. The maximum atomic E-state index is 13.6. The molecule has 0 aliphatic carbocycles. The topological polar surface area (TPSA) is 63.1 Å². The van der Waals surface area contributed by atoms with E-state index in [1.165, 1.54) is 12.1 Å². The van der Waals surface area contributed by atoms with Crippen molar-refractivity contribution in [1.29, 1.82) is 0 Å². The van der Waals surface area contributed by atoms with Crippen molar-refractivity contribution < 1.29 is 9.18 Å². The number of nitrogens with one attached hydrogen (secondary N) is 1. The SMILES string of the molecule is Cc1cc(F)cc(C(=O)N2CCC(c3nnc4n3CCNC4)CC2)c1. The lowest BCUT2D eigenvalue weighted by Crippen LogP contribution is -2.39. The van der Waals surface area contributed by atoms with Crippen molar-refractivity contribution in [2.75, 3.05) is 19.6 Å². The Bertz CT molecular complexity index is 775. The quantitative estimate of drug-likeness (QED) is 0.904. The molecule has 3 heterocycles. The van der Waals surface area contributed by atoms with E-state index in [4.69, 9.17) is 0 Å². The van der Waals surface area contributed by atoms with E-state index in [1.54, 1.807) is 13.0 Å². The molecular formula is C18H22FN5O. The van der Waals surface area contributed by atoms with Crippen LogP contribution in [0.4, 0.5) is 4.39 Å². The molecule has 1 fully saturated rings. The van der Waals surface area contributed by atoms with Crippen LogP contribution in [0.2, 0.25) is 0 Å². The van der Waals surface area contributed by atoms with Crippen molar-refractivity contribution in [3.63, 3.8) is 0 Å². The van der Waals surface area contributed by atoms with Gasteiger partial charge in [0.2, 0.25) is 0 Å². The zero-order valence-corrected chi connectivity index (χ0v) is 14.3. The number of carbonyl (C=O) groups excluding carboxylic acids is 1. The molecule has 1 saturated heterocycles. The number of aromatic nitrogens is 3. The number of hydrogen-bond donors (Lipinski definition) is 1. The molecular weight excluding hydrogens is 321 g/mol. The molecule has 0 saturated carbocycles. The van der Waals surface area contributed by atoms with Crippen LogP contribution in [0.1, 0.15) is 46.3 Å². The smallest absolute Gasteiger partial charge is 0.253 e. The minimum atomic E-state index is -0.359. The first kappa shape index (κ1) is 16.2. The standard InChI is InChI=1S/C18H22FN5O/c1-12-8-14(10-15(19)9-12)18(25)23-5-2-13(3-6-23)17-22-21-16-11-20-4-7-24(16)17/h8-10,13,20H,2-7,11H2,1H3. The van der Waals surface area contributed by atoms with Gasteiger partial charge in [0, 0.05) is 37.7 Å². The number of nitrogens with zero attached hydrogens (tertiary/aromatic N) is 4. The minimum absolute atomic E-state index is 0.0893. The molecule has 25 heavy (non-hydrogen) atoms. The number of hydrogen-bond acceptors (Lipinski definition) is 4. The van der Waals surface area contributed by atoms with E-state index in [0.29, 0.717) is 24.6 Å². The first-order valence-electron chi connectivity index (χ1n) is 8.81. The number of carbonyl (C=O) groups is 1. The van der Waals surface area contributed by atoms with Gasteiger partial charge >= 0.3 is 0 Å². The van der Waals surface area contributed by atoms with Crippen LogP contribution in [0.15, 0.2) is 18.2 Å². The molecule has 1 aromatic heterocycles. The predicted molar refractivity (Wildman–Crippen MR) is 90.7 cm³/mol. The van der Waals surface area contributed by atoms with E-state index in [-0.39, 0.29) is 11.7 Å². The molecule has 2 aromatic rings. The Hall–Kier alpha value is -2.28. The molecule has 1 amide bonds. The lowest BCUT2D eigenvalue weighted by molar-refractivity contribution is 0.0709. The van der Waals surface area contributed by atoms with E-state index in [9.17, 15) is 9.18 Å². The second-order valence-electron chi connectivity index (χ2n) is 6.89. The molecule has 1 N–H and O–H groups in total. The summed E-state index contributed by atoms with van der Waals surface area (Å²) in [5, 5.41) is 12.0. The van der Waals surface area contributed by atoms with Gasteiger partial charge in [-0.05, 0) is 43.5 Å². The number of fused-ring (bicyclic) bond motifs is 1. The zero-order valence-electron chi connectivity index (χ0n) is 14.3. The highest BCUT2D eigenvalue weighted by Crippen LogP contribution is 2.28. The van der Waals surface area contributed by atoms with Crippen LogP contribution in [0.3, 0.4) is 0 Å². The van der Waals surface area contributed by atoms with Crippen molar-refractivity contribution >= 4 is 5.91 Å². The fraction of sp³-hybridized carbons (Fsp3) is 0.500. The molecule has 7 heteroatoms. The molecule has 132 valence electrons. The zero-order chi connectivity index (χ0) is 17.4. The fourth-order valence-electron chi connectivity index (χ4n) is 3.80. The molecule has 4 rings (SSSR count). The van der Waals surface area contributed by atoms with Gasteiger partial charge < -0.3 is 14.8 Å². The summed E-state index contributed by atoms with van der Waals surface area (Å²) in [5.41, 5.74) is 1.20. The molecule has 0 spiro atoms. The van der Waals surface area contributed by atoms with Gasteiger partial charge in [-0.2, -0.15) is 0 Å². The molecule has 1 aromatic carbocycles. The van der Waals surface area contributed by atoms with E-state index < -0.39 is 0 Å². The summed E-state index contributed by atoms with van der Waals surface area (Å²) in [4.78, 5) is 14.5. The fourth-order valence-corrected chi connectivity index (χ4v) is 3.80. The summed E-state index contributed by atoms with van der Waals surface area (Å²) in [7, 11) is 0. The molecule has 0 bridgehead atoms. The van der Waals surface area contributed by atoms with Crippen LogP contribution in [0.25, 0.3) is 0 Å². The highest BCUT2D eigenvalue weighted by molar-refractivity contribution is 5.94. The number of halogens is 1. The first-order chi connectivity index (χ1) is 12.1. The first-order valence-corrected chi connectivity index (χ1v) is 8.81. The Morgan fingerprint density at radius 3 is 2.76 bits per heavy atom. The van der Waals surface area contributed by atoms with Gasteiger partial charge in [0.1, 0.15) is 17.5 Å². The van der Waals surface area contributed by atoms with Gasteiger partial charge in [0.25, 0.3) is 5.91 Å². The average molecular weight is 343 g/mol. The largest absolute Gasteiger partial charge is 0.339 e. The van der Waals surface area contributed by atoms with Crippen LogP contribution in [0, 0.1) is 12.7 Å². The normalized spacial score (nSPS) is 18.2.